The van der Waals surface area contributed by atoms with Crippen LogP contribution >= 0.6 is 11.3 Å². The van der Waals surface area contributed by atoms with E-state index in [-0.39, 0.29) is 12.8 Å². The summed E-state index contributed by atoms with van der Waals surface area (Å²) in [6.07, 6.45) is 0.463. The molecule has 1 aromatic rings. The van der Waals surface area contributed by atoms with Crippen molar-refractivity contribution in [3.63, 3.8) is 0 Å². The van der Waals surface area contributed by atoms with Gasteiger partial charge >= 0.3 is 18.0 Å². The lowest BCUT2D eigenvalue weighted by molar-refractivity contribution is -0.142. The van der Waals surface area contributed by atoms with Gasteiger partial charge in [0.2, 0.25) is 0 Å². The van der Waals surface area contributed by atoms with E-state index in [1.54, 1.807) is 5.51 Å². The molecule has 1 aromatic heterocycles. The zero-order chi connectivity index (χ0) is 15.7. The lowest BCUT2D eigenvalue weighted by Gasteiger charge is -2.14. The molecule has 0 saturated heterocycles. The number of urea groups is 1. The maximum atomic E-state index is 11.6. The number of aliphatic carboxylic acids is 1. The van der Waals surface area contributed by atoms with Crippen LogP contribution in [-0.4, -0.2) is 47.8 Å². The highest BCUT2D eigenvalue weighted by Crippen LogP contribution is 2.01. The molecule has 0 unspecified atom stereocenters. The fourth-order valence-electron chi connectivity index (χ4n) is 1.50. The number of thiazole rings is 1. The van der Waals surface area contributed by atoms with Crippen LogP contribution in [0.15, 0.2) is 10.9 Å². The molecule has 21 heavy (non-hydrogen) atoms. The van der Waals surface area contributed by atoms with Crippen molar-refractivity contribution in [3.8, 4) is 0 Å². The Morgan fingerprint density at radius 3 is 2.81 bits per heavy atom. The van der Waals surface area contributed by atoms with Gasteiger partial charge in [-0.1, -0.05) is 0 Å². The first-order chi connectivity index (χ1) is 10.0. The number of hydrogen-bond donors (Lipinski definition) is 3. The number of rotatable bonds is 8. The molecule has 116 valence electrons. The number of amides is 2. The van der Waals surface area contributed by atoms with Crippen LogP contribution in [0, 0.1) is 0 Å². The zero-order valence-electron chi connectivity index (χ0n) is 11.5. The molecule has 0 aromatic carbocycles. The molecule has 1 rings (SSSR count). The van der Waals surface area contributed by atoms with Gasteiger partial charge in [-0.25, -0.2) is 14.6 Å². The molecule has 0 aliphatic rings. The summed E-state index contributed by atoms with van der Waals surface area (Å²) in [5.74, 6) is -1.72. The second-order valence-electron chi connectivity index (χ2n) is 4.14. The van der Waals surface area contributed by atoms with Crippen molar-refractivity contribution in [1.29, 1.82) is 0 Å². The summed E-state index contributed by atoms with van der Waals surface area (Å²) in [5, 5.41) is 15.7. The average Bonchev–Trinajstić information content (AvgIpc) is 2.95. The summed E-state index contributed by atoms with van der Waals surface area (Å²) in [6, 6.07) is -1.73. The molecule has 8 nitrogen and oxygen atoms in total. The summed E-state index contributed by atoms with van der Waals surface area (Å²) in [6.45, 7) is 0.346. The summed E-state index contributed by atoms with van der Waals surface area (Å²) in [7, 11) is 1.22. The van der Waals surface area contributed by atoms with Crippen molar-refractivity contribution >= 4 is 29.3 Å². The van der Waals surface area contributed by atoms with Crippen LogP contribution in [0.2, 0.25) is 0 Å². The van der Waals surface area contributed by atoms with Crippen LogP contribution in [-0.2, 0) is 20.7 Å². The standard InChI is InChI=1S/C12H17N3O5S/c1-20-10(16)3-2-9(11(17)18)15-12(19)13-5-4-8-6-21-7-14-8/h6-7,9H,2-5H2,1H3,(H,17,18)(H2,13,15,19)/t9-/m1/s1. The number of carbonyl (C=O) groups is 3. The van der Waals surface area contributed by atoms with Gasteiger partial charge in [0.1, 0.15) is 6.04 Å². The average molecular weight is 315 g/mol. The third-order valence-corrected chi connectivity index (χ3v) is 3.25. The minimum atomic E-state index is -1.20. The van der Waals surface area contributed by atoms with Gasteiger partial charge in [-0.15, -0.1) is 11.3 Å². The molecular formula is C12H17N3O5S. The number of hydrogen-bond acceptors (Lipinski definition) is 6. The maximum Gasteiger partial charge on any atom is 0.326 e. The summed E-state index contributed by atoms with van der Waals surface area (Å²) in [5.41, 5.74) is 2.56. The molecule has 0 bridgehead atoms. The normalized spacial score (nSPS) is 11.5. The quantitative estimate of drug-likeness (QED) is 0.597. The third kappa shape index (κ3) is 6.70. The van der Waals surface area contributed by atoms with Crippen molar-refractivity contribution in [2.45, 2.75) is 25.3 Å². The number of ether oxygens (including phenoxy) is 1. The number of carboxylic acids is 1. The van der Waals surface area contributed by atoms with Crippen LogP contribution in [0.3, 0.4) is 0 Å². The Morgan fingerprint density at radius 2 is 2.24 bits per heavy atom. The first-order valence-corrected chi connectivity index (χ1v) is 7.18. The Bertz CT molecular complexity index is 477. The Balaban J connectivity index is 2.31. The van der Waals surface area contributed by atoms with E-state index in [0.29, 0.717) is 13.0 Å². The number of nitrogens with one attached hydrogen (secondary N) is 2. The van der Waals surface area contributed by atoms with Crippen molar-refractivity contribution in [2.75, 3.05) is 13.7 Å². The molecule has 1 atom stereocenters. The van der Waals surface area contributed by atoms with Crippen LogP contribution in [0.4, 0.5) is 4.79 Å². The predicted molar refractivity (Wildman–Crippen MR) is 75.0 cm³/mol. The van der Waals surface area contributed by atoms with Crippen LogP contribution < -0.4 is 10.6 Å². The molecule has 0 aliphatic carbocycles. The van der Waals surface area contributed by atoms with Gasteiger partial charge in [-0.05, 0) is 6.42 Å². The van der Waals surface area contributed by atoms with Crippen LogP contribution in [0.1, 0.15) is 18.5 Å². The second kappa shape index (κ2) is 8.90. The van der Waals surface area contributed by atoms with E-state index in [0.717, 1.165) is 5.69 Å². The van der Waals surface area contributed by atoms with Gasteiger partial charge in [-0.2, -0.15) is 0 Å². The fraction of sp³-hybridized carbons (Fsp3) is 0.500. The summed E-state index contributed by atoms with van der Waals surface area (Å²) >= 11 is 1.46. The Labute approximate surface area is 125 Å². The van der Waals surface area contributed by atoms with Gasteiger partial charge in [0, 0.05) is 24.8 Å². The molecule has 0 spiro atoms. The van der Waals surface area contributed by atoms with E-state index in [4.69, 9.17) is 5.11 Å². The second-order valence-corrected chi connectivity index (χ2v) is 4.85. The minimum absolute atomic E-state index is 0.0263. The van der Waals surface area contributed by atoms with E-state index >= 15 is 0 Å². The van der Waals surface area contributed by atoms with E-state index in [1.165, 1.54) is 18.4 Å². The number of aromatic nitrogens is 1. The van der Waals surface area contributed by atoms with E-state index in [9.17, 15) is 14.4 Å². The molecule has 0 radical (unpaired) electrons. The molecule has 0 saturated carbocycles. The highest BCUT2D eigenvalue weighted by molar-refractivity contribution is 7.07. The largest absolute Gasteiger partial charge is 0.480 e. The zero-order valence-corrected chi connectivity index (χ0v) is 12.3. The highest BCUT2D eigenvalue weighted by atomic mass is 32.1. The number of nitrogens with zero attached hydrogens (tertiary/aromatic N) is 1. The number of carbonyl (C=O) groups excluding carboxylic acids is 2. The lowest BCUT2D eigenvalue weighted by atomic mass is 10.1. The number of carboxylic acid groups (broad SMARTS) is 1. The Hall–Kier alpha value is -2.16. The molecule has 9 heteroatoms. The monoisotopic (exact) mass is 315 g/mol. The van der Waals surface area contributed by atoms with Gasteiger partial charge in [0.05, 0.1) is 18.3 Å². The smallest absolute Gasteiger partial charge is 0.326 e. The first-order valence-electron chi connectivity index (χ1n) is 6.24. The number of methoxy groups -OCH3 is 1. The van der Waals surface area contributed by atoms with Crippen molar-refractivity contribution in [1.82, 2.24) is 15.6 Å². The van der Waals surface area contributed by atoms with E-state index in [2.05, 4.69) is 20.4 Å². The highest BCUT2D eigenvalue weighted by Gasteiger charge is 2.20. The lowest BCUT2D eigenvalue weighted by Crippen LogP contribution is -2.46. The van der Waals surface area contributed by atoms with E-state index < -0.39 is 24.0 Å². The van der Waals surface area contributed by atoms with Gasteiger partial charge in [0.15, 0.2) is 0 Å². The van der Waals surface area contributed by atoms with Crippen molar-refractivity contribution < 1.29 is 24.2 Å². The maximum absolute atomic E-state index is 11.6. The SMILES string of the molecule is COC(=O)CC[C@@H](NC(=O)NCCc1cscn1)C(=O)O. The minimum Gasteiger partial charge on any atom is -0.480 e. The van der Waals surface area contributed by atoms with Crippen LogP contribution in [0.5, 0.6) is 0 Å². The Morgan fingerprint density at radius 1 is 1.48 bits per heavy atom. The topological polar surface area (TPSA) is 118 Å². The van der Waals surface area contributed by atoms with Crippen molar-refractivity contribution in [3.05, 3.63) is 16.6 Å². The summed E-state index contributed by atoms with van der Waals surface area (Å²) in [4.78, 5) is 37.6. The van der Waals surface area contributed by atoms with Gasteiger partial charge < -0.3 is 20.5 Å². The number of esters is 1. The Kier molecular flexibility index (Phi) is 7.16. The predicted octanol–water partition coefficient (Wildman–Crippen LogP) is 0.391. The molecule has 2 amide bonds. The first kappa shape index (κ1) is 16.9. The fourth-order valence-corrected chi connectivity index (χ4v) is 2.09. The molecule has 0 fully saturated rings. The molecule has 0 aliphatic heterocycles. The summed E-state index contributed by atoms with van der Waals surface area (Å²) < 4.78 is 4.43. The van der Waals surface area contributed by atoms with Gasteiger partial charge in [-0.3, -0.25) is 4.79 Å². The van der Waals surface area contributed by atoms with E-state index in [1.807, 2.05) is 5.38 Å². The third-order valence-electron chi connectivity index (χ3n) is 2.62. The molecule has 1 heterocycles. The van der Waals surface area contributed by atoms with Crippen molar-refractivity contribution in [2.24, 2.45) is 0 Å². The molecular weight excluding hydrogens is 298 g/mol. The van der Waals surface area contributed by atoms with Crippen LogP contribution in [0.25, 0.3) is 0 Å². The molecule has 3 N–H and O–H groups in total. The van der Waals surface area contributed by atoms with Gasteiger partial charge in [0.25, 0.3) is 0 Å².